The Hall–Kier alpha value is -1.39. The molecule has 2 aromatic carbocycles. The van der Waals surface area contributed by atoms with Crippen molar-refractivity contribution >= 4 is 18.5 Å². The third-order valence-electron chi connectivity index (χ3n) is 3.18. The maximum Gasteiger partial charge on any atom is -0.0195 e. The van der Waals surface area contributed by atoms with E-state index in [4.69, 9.17) is 0 Å². The van der Waals surface area contributed by atoms with Crippen LogP contribution >= 0.6 is 7.92 Å². The molecule has 0 N–H and O–H groups in total. The fourth-order valence-corrected chi connectivity index (χ4v) is 4.60. The quantitative estimate of drug-likeness (QED) is 0.395. The van der Waals surface area contributed by atoms with Gasteiger partial charge in [0.1, 0.15) is 0 Å². The summed E-state index contributed by atoms with van der Waals surface area (Å²) in [7, 11) is -0.202. The normalized spacial score (nSPS) is 10.6. The molecule has 0 fully saturated rings. The molecule has 0 saturated heterocycles. The van der Waals surface area contributed by atoms with E-state index in [1.165, 1.54) is 29.6 Å². The van der Waals surface area contributed by atoms with Crippen molar-refractivity contribution in [3.05, 3.63) is 73.3 Å². The lowest BCUT2D eigenvalue weighted by molar-refractivity contribution is 0.822. The van der Waals surface area contributed by atoms with Gasteiger partial charge in [0.05, 0.1) is 0 Å². The Kier molecular flexibility index (Phi) is 5.85. The highest BCUT2D eigenvalue weighted by Crippen LogP contribution is 2.34. The molecule has 0 saturated carbocycles. The van der Waals surface area contributed by atoms with E-state index in [1.54, 1.807) is 0 Å². The second kappa shape index (κ2) is 7.92. The second-order valence-corrected chi connectivity index (χ2v) is 6.94. The number of rotatable bonds is 7. The van der Waals surface area contributed by atoms with E-state index in [0.29, 0.717) is 0 Å². The molecular formula is C18H21P. The number of unbranched alkanes of at least 4 members (excludes halogenated alkanes) is 2. The summed E-state index contributed by atoms with van der Waals surface area (Å²) < 4.78 is 0. The first-order valence-electron chi connectivity index (χ1n) is 6.90. The molecule has 1 heteroatoms. The molecule has 0 aliphatic carbocycles. The smallest absolute Gasteiger partial charge is 0.0195 e. The fraction of sp³-hybridized carbons (Fsp3) is 0.222. The van der Waals surface area contributed by atoms with E-state index < -0.39 is 0 Å². The van der Waals surface area contributed by atoms with Gasteiger partial charge < -0.3 is 0 Å². The summed E-state index contributed by atoms with van der Waals surface area (Å²) in [5.41, 5.74) is 0. The van der Waals surface area contributed by atoms with Gasteiger partial charge in [0.25, 0.3) is 0 Å². The van der Waals surface area contributed by atoms with Crippen LogP contribution in [-0.2, 0) is 0 Å². The van der Waals surface area contributed by atoms with E-state index >= 15 is 0 Å². The van der Waals surface area contributed by atoms with Gasteiger partial charge in [-0.15, -0.1) is 6.58 Å². The van der Waals surface area contributed by atoms with Crippen LogP contribution in [0.1, 0.15) is 19.3 Å². The highest BCUT2D eigenvalue weighted by Gasteiger charge is 2.12. The van der Waals surface area contributed by atoms with E-state index in [0.717, 1.165) is 6.42 Å². The molecule has 98 valence electrons. The van der Waals surface area contributed by atoms with Crippen LogP contribution in [-0.4, -0.2) is 6.16 Å². The third kappa shape index (κ3) is 4.33. The summed E-state index contributed by atoms with van der Waals surface area (Å²) in [6.07, 6.45) is 6.96. The van der Waals surface area contributed by atoms with Crippen molar-refractivity contribution in [1.29, 1.82) is 0 Å². The zero-order valence-electron chi connectivity index (χ0n) is 11.3. The summed E-state index contributed by atoms with van der Waals surface area (Å²) in [6.45, 7) is 3.80. The molecule has 0 bridgehead atoms. The van der Waals surface area contributed by atoms with Gasteiger partial charge >= 0.3 is 0 Å². The summed E-state index contributed by atoms with van der Waals surface area (Å²) in [5.74, 6) is 0. The van der Waals surface area contributed by atoms with Gasteiger partial charge in [0.2, 0.25) is 0 Å². The molecule has 0 amide bonds. The summed E-state index contributed by atoms with van der Waals surface area (Å²) in [6, 6.07) is 21.9. The van der Waals surface area contributed by atoms with Crippen LogP contribution in [0.3, 0.4) is 0 Å². The first kappa shape index (κ1) is 14.0. The first-order chi connectivity index (χ1) is 9.42. The predicted molar refractivity (Wildman–Crippen MR) is 88.0 cm³/mol. The zero-order valence-corrected chi connectivity index (χ0v) is 12.2. The molecule has 0 radical (unpaired) electrons. The van der Waals surface area contributed by atoms with Crippen molar-refractivity contribution in [1.82, 2.24) is 0 Å². The van der Waals surface area contributed by atoms with Crippen molar-refractivity contribution in [2.45, 2.75) is 19.3 Å². The molecule has 0 atom stereocenters. The van der Waals surface area contributed by atoms with Crippen LogP contribution in [0.25, 0.3) is 0 Å². The standard InChI is InChI=1S/C18H21P/c1-2-3-4-11-16-19(17-12-7-5-8-13-17)18-14-9-6-10-15-18/h2,5-10,12-15H,1,3-4,11,16H2. The average molecular weight is 268 g/mol. The maximum absolute atomic E-state index is 3.80. The Bertz CT molecular complexity index is 436. The van der Waals surface area contributed by atoms with E-state index in [9.17, 15) is 0 Å². The monoisotopic (exact) mass is 268 g/mol. The summed E-state index contributed by atoms with van der Waals surface area (Å²) in [5, 5.41) is 2.98. The van der Waals surface area contributed by atoms with Crippen LogP contribution < -0.4 is 10.6 Å². The average Bonchev–Trinajstić information content (AvgIpc) is 2.49. The first-order valence-corrected chi connectivity index (χ1v) is 8.43. The summed E-state index contributed by atoms with van der Waals surface area (Å²) >= 11 is 0. The molecule has 0 aromatic heterocycles. The topological polar surface area (TPSA) is 0 Å². The van der Waals surface area contributed by atoms with E-state index in [2.05, 4.69) is 67.2 Å². The Morgan fingerprint density at radius 2 is 1.32 bits per heavy atom. The minimum Gasteiger partial charge on any atom is -0.103 e. The molecule has 0 aliphatic rings. The van der Waals surface area contributed by atoms with Gasteiger partial charge in [-0.1, -0.05) is 66.7 Å². The van der Waals surface area contributed by atoms with Crippen LogP contribution in [0.5, 0.6) is 0 Å². The van der Waals surface area contributed by atoms with Crippen molar-refractivity contribution in [2.24, 2.45) is 0 Å². The Balaban J connectivity index is 2.12. The molecule has 2 rings (SSSR count). The largest absolute Gasteiger partial charge is 0.103 e. The molecule has 2 aromatic rings. The van der Waals surface area contributed by atoms with Crippen LogP contribution in [0.2, 0.25) is 0 Å². The van der Waals surface area contributed by atoms with Crippen molar-refractivity contribution < 1.29 is 0 Å². The van der Waals surface area contributed by atoms with E-state index in [1.807, 2.05) is 6.08 Å². The molecular weight excluding hydrogens is 247 g/mol. The van der Waals surface area contributed by atoms with Gasteiger partial charge in [-0.05, 0) is 44.0 Å². The molecule has 0 aliphatic heterocycles. The van der Waals surface area contributed by atoms with Crippen molar-refractivity contribution in [3.63, 3.8) is 0 Å². The van der Waals surface area contributed by atoms with Gasteiger partial charge in [-0.2, -0.15) is 0 Å². The highest BCUT2D eigenvalue weighted by atomic mass is 31.1. The second-order valence-electron chi connectivity index (χ2n) is 4.61. The van der Waals surface area contributed by atoms with Crippen LogP contribution in [0.4, 0.5) is 0 Å². The summed E-state index contributed by atoms with van der Waals surface area (Å²) in [4.78, 5) is 0. The number of hydrogen-bond donors (Lipinski definition) is 0. The highest BCUT2D eigenvalue weighted by molar-refractivity contribution is 7.73. The SMILES string of the molecule is C=CCCCCP(c1ccccc1)c1ccccc1. The van der Waals surface area contributed by atoms with Gasteiger partial charge in [-0.25, -0.2) is 0 Å². The lowest BCUT2D eigenvalue weighted by Crippen LogP contribution is -2.13. The Morgan fingerprint density at radius 3 is 1.79 bits per heavy atom. The lowest BCUT2D eigenvalue weighted by atomic mass is 10.2. The van der Waals surface area contributed by atoms with Crippen molar-refractivity contribution in [2.75, 3.05) is 6.16 Å². The molecule has 0 unspecified atom stereocenters. The molecule has 0 spiro atoms. The van der Waals surface area contributed by atoms with Crippen molar-refractivity contribution in [3.8, 4) is 0 Å². The van der Waals surface area contributed by atoms with Gasteiger partial charge in [-0.3, -0.25) is 0 Å². The van der Waals surface area contributed by atoms with Gasteiger partial charge in [0, 0.05) is 0 Å². The molecule has 0 heterocycles. The van der Waals surface area contributed by atoms with Crippen LogP contribution in [0.15, 0.2) is 73.3 Å². The van der Waals surface area contributed by atoms with Gasteiger partial charge in [0.15, 0.2) is 0 Å². The maximum atomic E-state index is 3.80. The zero-order chi connectivity index (χ0) is 13.3. The number of hydrogen-bond acceptors (Lipinski definition) is 0. The number of allylic oxidation sites excluding steroid dienone is 1. The molecule has 19 heavy (non-hydrogen) atoms. The minimum absolute atomic E-state index is 0.202. The Morgan fingerprint density at radius 1 is 0.789 bits per heavy atom. The minimum atomic E-state index is -0.202. The Labute approximate surface area is 117 Å². The van der Waals surface area contributed by atoms with Crippen LogP contribution in [0, 0.1) is 0 Å². The lowest BCUT2D eigenvalue weighted by Gasteiger charge is -2.18. The third-order valence-corrected chi connectivity index (χ3v) is 5.78. The fourth-order valence-electron chi connectivity index (χ4n) is 2.18. The number of benzene rings is 2. The predicted octanol–water partition coefficient (Wildman–Crippen LogP) is 4.48. The van der Waals surface area contributed by atoms with E-state index in [-0.39, 0.29) is 7.92 Å². The molecule has 0 nitrogen and oxygen atoms in total.